The molecule has 38 heavy (non-hydrogen) atoms. The van der Waals surface area contributed by atoms with E-state index in [0.29, 0.717) is 30.5 Å². The molecule has 0 radical (unpaired) electrons. The highest BCUT2D eigenvalue weighted by Gasteiger charge is 2.38. The van der Waals surface area contributed by atoms with Crippen LogP contribution in [0.25, 0.3) is 0 Å². The second-order valence-electron chi connectivity index (χ2n) is 12.6. The van der Waals surface area contributed by atoms with Crippen LogP contribution in [0.15, 0.2) is 18.2 Å². The van der Waals surface area contributed by atoms with Crippen molar-refractivity contribution in [2.45, 2.75) is 125 Å². The van der Waals surface area contributed by atoms with Crippen LogP contribution in [0.4, 0.5) is 4.79 Å². The molecule has 0 aliphatic carbocycles. The lowest BCUT2D eigenvalue weighted by Crippen LogP contribution is -2.55. The van der Waals surface area contributed by atoms with E-state index in [9.17, 15) is 19.5 Å². The molecule has 0 heterocycles. The number of aryl methyl sites for hydroxylation is 1. The molecule has 0 saturated carbocycles. The quantitative estimate of drug-likeness (QED) is 0.285. The molecule has 3 N–H and O–H groups in total. The lowest BCUT2D eigenvalue weighted by molar-refractivity contribution is -0.143. The summed E-state index contributed by atoms with van der Waals surface area (Å²) in [4.78, 5) is 42.2. The number of carbonyl (C=O) groups is 3. The van der Waals surface area contributed by atoms with Crippen molar-refractivity contribution < 1.29 is 24.2 Å². The van der Waals surface area contributed by atoms with Crippen molar-refractivity contribution in [3.63, 3.8) is 0 Å². The van der Waals surface area contributed by atoms with Gasteiger partial charge in [-0.25, -0.2) is 4.79 Å². The Labute approximate surface area is 229 Å². The maximum absolute atomic E-state index is 14.2. The molecular formula is C30H51N3O5. The molecule has 3 amide bonds. The van der Waals surface area contributed by atoms with Gasteiger partial charge in [0.25, 0.3) is 0 Å². The fourth-order valence-corrected chi connectivity index (χ4v) is 4.21. The van der Waals surface area contributed by atoms with Gasteiger partial charge < -0.3 is 25.4 Å². The summed E-state index contributed by atoms with van der Waals surface area (Å²) >= 11 is 0. The van der Waals surface area contributed by atoms with Gasteiger partial charge in [-0.3, -0.25) is 9.59 Å². The van der Waals surface area contributed by atoms with Crippen molar-refractivity contribution in [1.29, 1.82) is 0 Å². The monoisotopic (exact) mass is 533 g/mol. The van der Waals surface area contributed by atoms with Crippen molar-refractivity contribution in [2.24, 2.45) is 5.92 Å². The molecule has 0 aliphatic heterocycles. The molecule has 8 heteroatoms. The number of nitrogens with zero attached hydrogens (tertiary/aromatic N) is 1. The van der Waals surface area contributed by atoms with Gasteiger partial charge in [-0.1, -0.05) is 58.2 Å². The number of amides is 3. The molecule has 0 aliphatic rings. The van der Waals surface area contributed by atoms with Gasteiger partial charge in [-0.05, 0) is 72.8 Å². The Morgan fingerprint density at radius 2 is 1.66 bits per heavy atom. The summed E-state index contributed by atoms with van der Waals surface area (Å²) in [7, 11) is 0. The molecule has 0 saturated heterocycles. The summed E-state index contributed by atoms with van der Waals surface area (Å²) < 4.78 is 5.45. The van der Waals surface area contributed by atoms with E-state index in [4.69, 9.17) is 4.74 Å². The maximum atomic E-state index is 14.2. The van der Waals surface area contributed by atoms with E-state index in [1.807, 2.05) is 34.6 Å². The Bertz CT molecular complexity index is 931. The highest BCUT2D eigenvalue weighted by Crippen LogP contribution is 2.33. The number of alkyl carbamates (subject to hydrolysis) is 1. The highest BCUT2D eigenvalue weighted by atomic mass is 16.6. The summed E-state index contributed by atoms with van der Waals surface area (Å²) in [6.07, 6.45) is 3.29. The minimum Gasteiger partial charge on any atom is -0.507 e. The number of carbonyl (C=O) groups excluding carboxylic acids is 3. The van der Waals surface area contributed by atoms with E-state index < -0.39 is 29.3 Å². The highest BCUT2D eigenvalue weighted by molar-refractivity contribution is 5.92. The lowest BCUT2D eigenvalue weighted by Gasteiger charge is -2.36. The van der Waals surface area contributed by atoms with Gasteiger partial charge in [0, 0.05) is 17.6 Å². The second-order valence-corrected chi connectivity index (χ2v) is 12.6. The van der Waals surface area contributed by atoms with Crippen molar-refractivity contribution in [3.8, 4) is 5.75 Å². The van der Waals surface area contributed by atoms with E-state index in [1.54, 1.807) is 45.9 Å². The SMILES string of the molecule is CCCCCCN(C(=O)C(CC(C)C)NC(=O)OC(C)(C)C)C(C(=O)NC(C)(C)C)c1cccc(C)c1O. The minimum atomic E-state index is -1.07. The molecule has 1 aromatic rings. The number of ether oxygens (including phenoxy) is 1. The van der Waals surface area contributed by atoms with E-state index in [2.05, 4.69) is 17.6 Å². The average molecular weight is 534 g/mol. The molecule has 0 fully saturated rings. The van der Waals surface area contributed by atoms with Gasteiger partial charge in [0.05, 0.1) is 0 Å². The number of phenolic OH excluding ortho intramolecular Hbond substituents is 1. The third-order valence-corrected chi connectivity index (χ3v) is 5.85. The topological polar surface area (TPSA) is 108 Å². The van der Waals surface area contributed by atoms with Crippen LogP contribution in [-0.2, 0) is 14.3 Å². The first-order valence-electron chi connectivity index (χ1n) is 13.9. The average Bonchev–Trinajstić information content (AvgIpc) is 2.74. The van der Waals surface area contributed by atoms with Crippen LogP contribution in [0.3, 0.4) is 0 Å². The summed E-state index contributed by atoms with van der Waals surface area (Å²) in [6, 6.07) is 3.24. The molecule has 2 unspecified atom stereocenters. The molecule has 0 bridgehead atoms. The number of para-hydroxylation sites is 1. The molecule has 0 aromatic heterocycles. The van der Waals surface area contributed by atoms with Crippen molar-refractivity contribution >= 4 is 17.9 Å². The van der Waals surface area contributed by atoms with Crippen molar-refractivity contribution in [3.05, 3.63) is 29.3 Å². The Kier molecular flexibility index (Phi) is 12.6. The summed E-state index contributed by atoms with van der Waals surface area (Å²) in [5, 5.41) is 16.8. The Balaban J connectivity index is 3.61. The van der Waals surface area contributed by atoms with Crippen LogP contribution in [0.1, 0.15) is 112 Å². The van der Waals surface area contributed by atoms with Gasteiger partial charge in [0.15, 0.2) is 0 Å². The maximum Gasteiger partial charge on any atom is 0.408 e. The first-order chi connectivity index (χ1) is 17.5. The zero-order valence-corrected chi connectivity index (χ0v) is 25.2. The normalized spacial score (nSPS) is 13.6. The number of nitrogens with one attached hydrogen (secondary N) is 2. The Morgan fingerprint density at radius 3 is 2.18 bits per heavy atom. The van der Waals surface area contributed by atoms with Crippen LogP contribution in [0.5, 0.6) is 5.75 Å². The predicted molar refractivity (Wildman–Crippen MR) is 152 cm³/mol. The first-order valence-corrected chi connectivity index (χ1v) is 13.9. The van der Waals surface area contributed by atoms with Crippen LogP contribution >= 0.6 is 0 Å². The van der Waals surface area contributed by atoms with Gasteiger partial charge in [-0.2, -0.15) is 0 Å². The van der Waals surface area contributed by atoms with Crippen LogP contribution < -0.4 is 10.6 Å². The summed E-state index contributed by atoms with van der Waals surface area (Å²) in [5.41, 5.74) is -0.313. The second kappa shape index (κ2) is 14.4. The van der Waals surface area contributed by atoms with E-state index >= 15 is 0 Å². The fourth-order valence-electron chi connectivity index (χ4n) is 4.21. The van der Waals surface area contributed by atoms with Gasteiger partial charge in [0.2, 0.25) is 11.8 Å². The van der Waals surface area contributed by atoms with E-state index in [-0.39, 0.29) is 23.5 Å². The number of benzene rings is 1. The predicted octanol–water partition coefficient (Wildman–Crippen LogP) is 6.00. The number of hydrogen-bond acceptors (Lipinski definition) is 5. The molecule has 0 spiro atoms. The van der Waals surface area contributed by atoms with Gasteiger partial charge in [-0.15, -0.1) is 0 Å². The molecule has 8 nitrogen and oxygen atoms in total. The number of unbranched alkanes of at least 4 members (excludes halogenated alkanes) is 3. The number of rotatable bonds is 12. The number of phenols is 1. The Morgan fingerprint density at radius 1 is 1.03 bits per heavy atom. The zero-order chi connectivity index (χ0) is 29.3. The molecule has 216 valence electrons. The zero-order valence-electron chi connectivity index (χ0n) is 25.2. The Hall–Kier alpha value is -2.77. The summed E-state index contributed by atoms with van der Waals surface area (Å²) in [5.74, 6) is -0.692. The third-order valence-electron chi connectivity index (χ3n) is 5.85. The number of aromatic hydroxyl groups is 1. The largest absolute Gasteiger partial charge is 0.507 e. The van der Waals surface area contributed by atoms with Gasteiger partial charge in [0.1, 0.15) is 23.4 Å². The van der Waals surface area contributed by atoms with E-state index in [1.165, 1.54) is 4.90 Å². The molecular weight excluding hydrogens is 482 g/mol. The third kappa shape index (κ3) is 11.3. The molecule has 1 rings (SSSR count). The van der Waals surface area contributed by atoms with Crippen molar-refractivity contribution in [2.75, 3.05) is 6.54 Å². The smallest absolute Gasteiger partial charge is 0.408 e. The number of hydrogen-bond donors (Lipinski definition) is 3. The van der Waals surface area contributed by atoms with Crippen LogP contribution in [0, 0.1) is 12.8 Å². The van der Waals surface area contributed by atoms with Crippen LogP contribution in [0.2, 0.25) is 0 Å². The molecule has 1 aromatic carbocycles. The lowest BCUT2D eigenvalue weighted by atomic mass is 9.96. The summed E-state index contributed by atoms with van der Waals surface area (Å²) in [6.45, 7) is 19.0. The minimum absolute atomic E-state index is 0.0200. The first kappa shape index (κ1) is 33.3. The van der Waals surface area contributed by atoms with Crippen molar-refractivity contribution in [1.82, 2.24) is 15.5 Å². The molecule has 2 atom stereocenters. The standard InChI is InChI=1S/C30H51N3O5/c1-11-12-13-14-18-33(27(36)23(19-20(2)3)31-28(37)38-30(8,9)10)24(26(35)32-29(5,6)7)22-17-15-16-21(4)25(22)34/h15-17,20,23-24,34H,11-14,18-19H2,1-10H3,(H,31,37)(H,32,35). The van der Waals surface area contributed by atoms with E-state index in [0.717, 1.165) is 19.3 Å². The van der Waals surface area contributed by atoms with Gasteiger partial charge >= 0.3 is 6.09 Å². The fraction of sp³-hybridized carbons (Fsp3) is 0.700. The van der Waals surface area contributed by atoms with Crippen LogP contribution in [-0.4, -0.2) is 51.6 Å².